The number of nitrogens with one attached hydrogen (secondary N) is 2. The van der Waals surface area contributed by atoms with Gasteiger partial charge in [0.25, 0.3) is 11.5 Å². The number of aryl methyl sites for hydroxylation is 2. The minimum Gasteiger partial charge on any atom is -0.478 e. The standard InChI is InChI=1S/C26H33N5O3/c1-16-10-17(2)14-31(13-16)23-9-6-18(3)25(29-23)28-20-7-8-21-19(11-20)12-22(26(33)30(21)5)34-15-24(32)27-4/h6-9,11-12,16-17H,10,13-15H2,1-5H3,(H,27,32)(H,28,29). The number of carbonyl (C=O) groups excluding carboxylic acids is 1. The van der Waals surface area contributed by atoms with Crippen molar-refractivity contribution in [2.75, 3.05) is 37.0 Å². The second kappa shape index (κ2) is 9.75. The van der Waals surface area contributed by atoms with Gasteiger partial charge < -0.3 is 24.8 Å². The molecule has 3 heterocycles. The lowest BCUT2D eigenvalue weighted by Crippen LogP contribution is -2.39. The predicted molar refractivity (Wildman–Crippen MR) is 136 cm³/mol. The van der Waals surface area contributed by atoms with E-state index in [1.165, 1.54) is 18.0 Å². The van der Waals surface area contributed by atoms with Crippen molar-refractivity contribution in [3.63, 3.8) is 0 Å². The van der Waals surface area contributed by atoms with Gasteiger partial charge in [0.2, 0.25) is 0 Å². The highest BCUT2D eigenvalue weighted by molar-refractivity contribution is 5.85. The molecule has 2 unspecified atom stereocenters. The molecule has 1 amide bonds. The van der Waals surface area contributed by atoms with Crippen molar-refractivity contribution in [2.45, 2.75) is 27.2 Å². The number of pyridine rings is 2. The molecule has 4 rings (SSSR count). The number of rotatable bonds is 6. The molecule has 1 fully saturated rings. The van der Waals surface area contributed by atoms with E-state index in [1.54, 1.807) is 13.1 Å². The Morgan fingerprint density at radius 1 is 1.15 bits per heavy atom. The SMILES string of the molecule is CNC(=O)COc1cc2cc(Nc3nc(N4CC(C)CC(C)C4)ccc3C)ccc2n(C)c1=O. The molecule has 0 saturated carbocycles. The largest absolute Gasteiger partial charge is 0.478 e. The highest BCUT2D eigenvalue weighted by Gasteiger charge is 2.23. The van der Waals surface area contributed by atoms with Gasteiger partial charge in [0, 0.05) is 38.3 Å². The summed E-state index contributed by atoms with van der Waals surface area (Å²) >= 11 is 0. The molecule has 2 aromatic heterocycles. The van der Waals surface area contributed by atoms with Gasteiger partial charge in [-0.3, -0.25) is 9.59 Å². The van der Waals surface area contributed by atoms with E-state index in [-0.39, 0.29) is 23.8 Å². The molecule has 8 nitrogen and oxygen atoms in total. The van der Waals surface area contributed by atoms with Crippen LogP contribution in [0.2, 0.25) is 0 Å². The molecule has 34 heavy (non-hydrogen) atoms. The minimum atomic E-state index is -0.295. The van der Waals surface area contributed by atoms with Crippen LogP contribution in [0, 0.1) is 18.8 Å². The van der Waals surface area contributed by atoms with Crippen molar-refractivity contribution in [3.05, 3.63) is 52.3 Å². The summed E-state index contributed by atoms with van der Waals surface area (Å²) in [5.74, 6) is 2.94. The molecular formula is C26H33N5O3. The van der Waals surface area contributed by atoms with Crippen molar-refractivity contribution in [1.82, 2.24) is 14.9 Å². The molecule has 1 aromatic carbocycles. The minimum absolute atomic E-state index is 0.139. The number of amides is 1. The zero-order valence-electron chi connectivity index (χ0n) is 20.5. The third-order valence-electron chi connectivity index (χ3n) is 6.37. The molecular weight excluding hydrogens is 430 g/mol. The van der Waals surface area contributed by atoms with Gasteiger partial charge >= 0.3 is 0 Å². The van der Waals surface area contributed by atoms with E-state index in [0.717, 1.165) is 46.9 Å². The number of ether oxygens (including phenoxy) is 1. The maximum atomic E-state index is 12.6. The van der Waals surface area contributed by atoms with Gasteiger partial charge in [0.05, 0.1) is 5.52 Å². The predicted octanol–water partition coefficient (Wildman–Crippen LogP) is 3.59. The number of fused-ring (bicyclic) bond motifs is 1. The van der Waals surface area contributed by atoms with Crippen LogP contribution in [0.3, 0.4) is 0 Å². The highest BCUT2D eigenvalue weighted by Crippen LogP contribution is 2.29. The third-order valence-corrected chi connectivity index (χ3v) is 6.37. The lowest BCUT2D eigenvalue weighted by molar-refractivity contribution is -0.122. The monoisotopic (exact) mass is 463 g/mol. The van der Waals surface area contributed by atoms with E-state index in [1.807, 2.05) is 25.1 Å². The summed E-state index contributed by atoms with van der Waals surface area (Å²) in [6, 6.07) is 11.7. The van der Waals surface area contributed by atoms with Crippen LogP contribution in [-0.2, 0) is 11.8 Å². The molecule has 0 bridgehead atoms. The first kappa shape index (κ1) is 23.6. The first-order valence-electron chi connectivity index (χ1n) is 11.7. The average Bonchev–Trinajstić information content (AvgIpc) is 2.81. The molecule has 1 aliphatic heterocycles. The summed E-state index contributed by atoms with van der Waals surface area (Å²) in [6.45, 7) is 8.45. The number of hydrogen-bond acceptors (Lipinski definition) is 6. The van der Waals surface area contributed by atoms with Gasteiger partial charge in [-0.15, -0.1) is 0 Å². The number of carbonyl (C=O) groups is 1. The van der Waals surface area contributed by atoms with Crippen molar-refractivity contribution in [1.29, 1.82) is 0 Å². The molecule has 3 aromatic rings. The lowest BCUT2D eigenvalue weighted by Gasteiger charge is -2.36. The Balaban J connectivity index is 1.62. The Kier molecular flexibility index (Phi) is 6.77. The van der Waals surface area contributed by atoms with Crippen LogP contribution < -0.4 is 25.8 Å². The van der Waals surface area contributed by atoms with Crippen LogP contribution in [0.1, 0.15) is 25.8 Å². The zero-order valence-corrected chi connectivity index (χ0v) is 20.5. The molecule has 8 heteroatoms. The van der Waals surface area contributed by atoms with Gasteiger partial charge in [0.15, 0.2) is 12.4 Å². The first-order valence-corrected chi connectivity index (χ1v) is 11.7. The number of likely N-dealkylation sites (N-methyl/N-ethyl adjacent to an activating group) is 1. The van der Waals surface area contributed by atoms with Gasteiger partial charge in [0.1, 0.15) is 11.6 Å². The van der Waals surface area contributed by atoms with Gasteiger partial charge in [-0.05, 0) is 61.1 Å². The molecule has 1 aliphatic rings. The Hall–Kier alpha value is -3.55. The summed E-state index contributed by atoms with van der Waals surface area (Å²) in [7, 11) is 3.22. The van der Waals surface area contributed by atoms with Crippen LogP contribution in [0.4, 0.5) is 17.3 Å². The van der Waals surface area contributed by atoms with Crippen LogP contribution in [0.5, 0.6) is 5.75 Å². The summed E-state index contributed by atoms with van der Waals surface area (Å²) in [6.07, 6.45) is 1.25. The number of hydrogen-bond donors (Lipinski definition) is 2. The van der Waals surface area contributed by atoms with E-state index in [4.69, 9.17) is 9.72 Å². The molecule has 0 aliphatic carbocycles. The molecule has 0 spiro atoms. The Morgan fingerprint density at radius 3 is 2.59 bits per heavy atom. The van der Waals surface area contributed by atoms with E-state index >= 15 is 0 Å². The van der Waals surface area contributed by atoms with Crippen molar-refractivity contribution in [2.24, 2.45) is 18.9 Å². The molecule has 2 N–H and O–H groups in total. The normalized spacial score (nSPS) is 18.1. The molecule has 0 radical (unpaired) electrons. The van der Waals surface area contributed by atoms with Gasteiger partial charge in [-0.1, -0.05) is 19.9 Å². The summed E-state index contributed by atoms with van der Waals surface area (Å²) in [5, 5.41) is 6.76. The smallest absolute Gasteiger partial charge is 0.293 e. The number of piperidine rings is 1. The molecule has 2 atom stereocenters. The molecule has 180 valence electrons. The number of aromatic nitrogens is 2. The zero-order chi connectivity index (χ0) is 24.4. The number of nitrogens with zero attached hydrogens (tertiary/aromatic N) is 3. The van der Waals surface area contributed by atoms with Crippen LogP contribution in [0.25, 0.3) is 10.9 Å². The fourth-order valence-electron chi connectivity index (χ4n) is 4.66. The number of anilines is 3. The molecule has 1 saturated heterocycles. The van der Waals surface area contributed by atoms with E-state index in [9.17, 15) is 9.59 Å². The fraction of sp³-hybridized carbons (Fsp3) is 0.423. The quantitative estimate of drug-likeness (QED) is 0.581. The Bertz CT molecular complexity index is 1260. The maximum absolute atomic E-state index is 12.6. The summed E-state index contributed by atoms with van der Waals surface area (Å²) in [4.78, 5) is 31.5. The second-order valence-electron chi connectivity index (χ2n) is 9.42. The van der Waals surface area contributed by atoms with Crippen molar-refractivity contribution < 1.29 is 9.53 Å². The van der Waals surface area contributed by atoms with Gasteiger partial charge in [-0.25, -0.2) is 4.98 Å². The van der Waals surface area contributed by atoms with Crippen LogP contribution >= 0.6 is 0 Å². The topological polar surface area (TPSA) is 88.5 Å². The van der Waals surface area contributed by atoms with Crippen molar-refractivity contribution >= 4 is 34.1 Å². The van der Waals surface area contributed by atoms with Gasteiger partial charge in [-0.2, -0.15) is 0 Å². The summed E-state index contributed by atoms with van der Waals surface area (Å²) < 4.78 is 7.00. The van der Waals surface area contributed by atoms with E-state index in [2.05, 4.69) is 41.5 Å². The fourth-order valence-corrected chi connectivity index (χ4v) is 4.66. The van der Waals surface area contributed by atoms with Crippen LogP contribution in [-0.4, -0.2) is 42.2 Å². The van der Waals surface area contributed by atoms with Crippen molar-refractivity contribution in [3.8, 4) is 5.75 Å². The van der Waals surface area contributed by atoms with E-state index in [0.29, 0.717) is 11.8 Å². The summed E-state index contributed by atoms with van der Waals surface area (Å²) in [5.41, 5.74) is 2.40. The van der Waals surface area contributed by atoms with E-state index < -0.39 is 0 Å². The first-order chi connectivity index (χ1) is 16.2. The second-order valence-corrected chi connectivity index (χ2v) is 9.42. The third kappa shape index (κ3) is 5.00. The lowest BCUT2D eigenvalue weighted by atomic mass is 9.92. The van der Waals surface area contributed by atoms with Crippen LogP contribution in [0.15, 0.2) is 41.2 Å². The number of benzene rings is 1. The maximum Gasteiger partial charge on any atom is 0.293 e. The average molecular weight is 464 g/mol. The highest BCUT2D eigenvalue weighted by atomic mass is 16.5. The Morgan fingerprint density at radius 2 is 1.88 bits per heavy atom. The Labute approximate surface area is 199 Å².